The molecule has 1 N–H and O–H groups in total. The van der Waals surface area contributed by atoms with Gasteiger partial charge in [-0.25, -0.2) is 9.18 Å². The minimum absolute atomic E-state index is 0.0765. The van der Waals surface area contributed by atoms with E-state index >= 15 is 0 Å². The third kappa shape index (κ3) is 5.04. The van der Waals surface area contributed by atoms with Crippen LogP contribution in [0.1, 0.15) is 40.0 Å². The first-order valence-corrected chi connectivity index (χ1v) is 6.44. The lowest BCUT2D eigenvalue weighted by Crippen LogP contribution is -2.48. The molecule has 1 saturated carbocycles. The third-order valence-corrected chi connectivity index (χ3v) is 2.99. The first-order valence-electron chi connectivity index (χ1n) is 6.44. The predicted molar refractivity (Wildman–Crippen MR) is 67.4 cm³/mol. The van der Waals surface area contributed by atoms with Crippen molar-refractivity contribution in [3.05, 3.63) is 0 Å². The number of halogens is 1. The Labute approximate surface area is 112 Å². The van der Waals surface area contributed by atoms with E-state index in [1.54, 1.807) is 20.8 Å². The molecule has 6 heteroatoms. The maximum absolute atomic E-state index is 13.4. The number of methoxy groups -OCH3 is 1. The molecule has 0 aliphatic heterocycles. The third-order valence-electron chi connectivity index (χ3n) is 2.99. The summed E-state index contributed by atoms with van der Waals surface area (Å²) >= 11 is 0. The number of alkyl halides is 1. The Balaban J connectivity index is 2.63. The second kappa shape index (κ2) is 6.21. The van der Waals surface area contributed by atoms with E-state index in [1.807, 2.05) is 0 Å². The molecular formula is C13H22FNO4. The average Bonchev–Trinajstić information content (AvgIpc) is 2.28. The van der Waals surface area contributed by atoms with Crippen LogP contribution in [-0.2, 0) is 14.3 Å². The summed E-state index contributed by atoms with van der Waals surface area (Å²) in [7, 11) is 1.26. The fourth-order valence-electron chi connectivity index (χ4n) is 2.16. The van der Waals surface area contributed by atoms with Crippen molar-refractivity contribution < 1.29 is 23.5 Å². The Morgan fingerprint density at radius 2 is 1.89 bits per heavy atom. The first kappa shape index (κ1) is 15.7. The number of ether oxygens (including phenoxy) is 2. The SMILES string of the molecule is COC(=O)[C@H]1C[C@H](F)CC[C@@H]1NC(=O)OC(C)(C)C. The standard InChI is InChI=1S/C13H22FNO4/c1-13(2,3)19-12(17)15-10-6-5-8(14)7-9(10)11(16)18-4/h8-10H,5-7H2,1-4H3,(H,15,17)/t8-,9+,10+/m1/s1. The Kier molecular flexibility index (Phi) is 5.14. The molecule has 1 fully saturated rings. The van der Waals surface area contributed by atoms with Crippen LogP contribution in [0.3, 0.4) is 0 Å². The molecule has 0 spiro atoms. The van der Waals surface area contributed by atoms with E-state index in [2.05, 4.69) is 10.1 Å². The molecule has 110 valence electrons. The van der Waals surface area contributed by atoms with Gasteiger partial charge < -0.3 is 14.8 Å². The van der Waals surface area contributed by atoms with Crippen LogP contribution < -0.4 is 5.32 Å². The number of amides is 1. The topological polar surface area (TPSA) is 64.6 Å². The van der Waals surface area contributed by atoms with Crippen LogP contribution in [0.15, 0.2) is 0 Å². The van der Waals surface area contributed by atoms with Crippen LogP contribution in [0.5, 0.6) is 0 Å². The number of nitrogens with one attached hydrogen (secondary N) is 1. The summed E-state index contributed by atoms with van der Waals surface area (Å²) in [6, 6.07) is -0.436. The van der Waals surface area contributed by atoms with Gasteiger partial charge in [0, 0.05) is 6.04 Å². The number of esters is 1. The zero-order valence-electron chi connectivity index (χ0n) is 11.9. The van der Waals surface area contributed by atoms with Gasteiger partial charge in [-0.1, -0.05) is 0 Å². The van der Waals surface area contributed by atoms with Gasteiger partial charge >= 0.3 is 12.1 Å². The number of rotatable bonds is 2. The van der Waals surface area contributed by atoms with E-state index < -0.39 is 35.8 Å². The van der Waals surface area contributed by atoms with Gasteiger partial charge in [0.25, 0.3) is 0 Å². The monoisotopic (exact) mass is 275 g/mol. The van der Waals surface area contributed by atoms with Gasteiger partial charge in [-0.15, -0.1) is 0 Å². The largest absolute Gasteiger partial charge is 0.469 e. The summed E-state index contributed by atoms with van der Waals surface area (Å²) in [5, 5.41) is 2.63. The molecular weight excluding hydrogens is 253 g/mol. The van der Waals surface area contributed by atoms with E-state index in [1.165, 1.54) is 7.11 Å². The van der Waals surface area contributed by atoms with Gasteiger partial charge in [0.1, 0.15) is 11.8 Å². The second-order valence-corrected chi connectivity index (χ2v) is 5.79. The average molecular weight is 275 g/mol. The maximum atomic E-state index is 13.4. The van der Waals surface area contributed by atoms with Crippen LogP contribution >= 0.6 is 0 Å². The summed E-state index contributed by atoms with van der Waals surface area (Å²) < 4.78 is 23.1. The fraction of sp³-hybridized carbons (Fsp3) is 0.846. The molecule has 0 aromatic rings. The molecule has 0 heterocycles. The zero-order valence-corrected chi connectivity index (χ0v) is 11.9. The predicted octanol–water partition coefficient (Wildman–Crippen LogP) is 2.19. The Hall–Kier alpha value is -1.33. The lowest BCUT2D eigenvalue weighted by atomic mass is 9.83. The Morgan fingerprint density at radius 1 is 1.26 bits per heavy atom. The van der Waals surface area contributed by atoms with E-state index in [9.17, 15) is 14.0 Å². The molecule has 3 atom stereocenters. The van der Waals surface area contributed by atoms with E-state index in [0.29, 0.717) is 12.8 Å². The Bertz CT molecular complexity index is 340. The van der Waals surface area contributed by atoms with Crippen LogP contribution in [0.25, 0.3) is 0 Å². The van der Waals surface area contributed by atoms with Crippen molar-refractivity contribution in [3.63, 3.8) is 0 Å². The number of carbonyl (C=O) groups excluding carboxylic acids is 2. The van der Waals surface area contributed by atoms with Crippen molar-refractivity contribution in [3.8, 4) is 0 Å². The summed E-state index contributed by atoms with van der Waals surface area (Å²) in [5.41, 5.74) is -0.609. The first-order chi connectivity index (χ1) is 8.73. The van der Waals surface area contributed by atoms with E-state index in [4.69, 9.17) is 4.74 Å². The van der Waals surface area contributed by atoms with Crippen LogP contribution in [0.2, 0.25) is 0 Å². The van der Waals surface area contributed by atoms with Crippen LogP contribution in [0, 0.1) is 5.92 Å². The normalized spacial score (nSPS) is 27.5. The maximum Gasteiger partial charge on any atom is 0.407 e. The van der Waals surface area contributed by atoms with Crippen molar-refractivity contribution in [2.45, 2.75) is 57.8 Å². The smallest absolute Gasteiger partial charge is 0.407 e. The van der Waals surface area contributed by atoms with Crippen molar-refractivity contribution in [1.82, 2.24) is 5.32 Å². The summed E-state index contributed by atoms with van der Waals surface area (Å²) in [5.74, 6) is -1.15. The highest BCUT2D eigenvalue weighted by atomic mass is 19.1. The molecule has 0 bridgehead atoms. The molecule has 0 aromatic carbocycles. The molecule has 0 radical (unpaired) electrons. The minimum Gasteiger partial charge on any atom is -0.469 e. The minimum atomic E-state index is -1.03. The van der Waals surface area contributed by atoms with Gasteiger partial charge in [-0.3, -0.25) is 4.79 Å². The quantitative estimate of drug-likeness (QED) is 0.785. The van der Waals surface area contributed by atoms with Gasteiger partial charge in [-0.05, 0) is 40.0 Å². The van der Waals surface area contributed by atoms with Gasteiger partial charge in [-0.2, -0.15) is 0 Å². The molecule has 0 aromatic heterocycles. The Morgan fingerprint density at radius 3 is 2.42 bits per heavy atom. The lowest BCUT2D eigenvalue weighted by Gasteiger charge is -2.32. The molecule has 1 aliphatic rings. The number of hydrogen-bond acceptors (Lipinski definition) is 4. The van der Waals surface area contributed by atoms with Gasteiger partial charge in [0.05, 0.1) is 13.0 Å². The molecule has 1 rings (SSSR count). The van der Waals surface area contributed by atoms with Gasteiger partial charge in [0.2, 0.25) is 0 Å². The highest BCUT2D eigenvalue weighted by molar-refractivity contribution is 5.75. The molecule has 1 amide bonds. The number of alkyl carbamates (subject to hydrolysis) is 1. The van der Waals surface area contributed by atoms with Crippen LogP contribution in [0.4, 0.5) is 9.18 Å². The van der Waals surface area contributed by atoms with E-state index in [0.717, 1.165) is 0 Å². The lowest BCUT2D eigenvalue weighted by molar-refractivity contribution is -0.148. The molecule has 5 nitrogen and oxygen atoms in total. The van der Waals surface area contributed by atoms with Crippen molar-refractivity contribution in [1.29, 1.82) is 0 Å². The highest BCUT2D eigenvalue weighted by Gasteiger charge is 2.37. The summed E-state index contributed by atoms with van der Waals surface area (Å²) in [6.45, 7) is 5.26. The number of carbonyl (C=O) groups is 2. The zero-order chi connectivity index (χ0) is 14.6. The highest BCUT2D eigenvalue weighted by Crippen LogP contribution is 2.28. The molecule has 0 saturated heterocycles. The van der Waals surface area contributed by atoms with Crippen molar-refractivity contribution >= 4 is 12.1 Å². The van der Waals surface area contributed by atoms with Crippen LogP contribution in [-0.4, -0.2) is 37.0 Å². The molecule has 19 heavy (non-hydrogen) atoms. The van der Waals surface area contributed by atoms with Crippen molar-refractivity contribution in [2.24, 2.45) is 5.92 Å². The van der Waals surface area contributed by atoms with Gasteiger partial charge in [0.15, 0.2) is 0 Å². The number of hydrogen-bond donors (Lipinski definition) is 1. The fourth-order valence-corrected chi connectivity index (χ4v) is 2.16. The molecule has 0 unspecified atom stereocenters. The summed E-state index contributed by atoms with van der Waals surface area (Å²) in [4.78, 5) is 23.3. The van der Waals surface area contributed by atoms with Crippen molar-refractivity contribution in [2.75, 3.05) is 7.11 Å². The van der Waals surface area contributed by atoms with E-state index in [-0.39, 0.29) is 6.42 Å². The second-order valence-electron chi connectivity index (χ2n) is 5.79. The summed E-state index contributed by atoms with van der Waals surface area (Å²) in [6.07, 6.45) is -0.814. The molecule has 1 aliphatic carbocycles.